The van der Waals surface area contributed by atoms with Gasteiger partial charge in [-0.1, -0.05) is 11.6 Å². The quantitative estimate of drug-likeness (QED) is 0.347. The topological polar surface area (TPSA) is 130 Å². The molecule has 0 radical (unpaired) electrons. The van der Waals surface area contributed by atoms with Gasteiger partial charge in [-0.25, -0.2) is 13.1 Å². The van der Waals surface area contributed by atoms with Crippen LogP contribution in [-0.2, 0) is 14.8 Å². The van der Waals surface area contributed by atoms with Crippen molar-refractivity contribution in [2.45, 2.75) is 11.8 Å². The molecule has 0 aromatic heterocycles. The first-order chi connectivity index (χ1) is 12.7. The number of carbonyl (C=O) groups is 1. The zero-order chi connectivity index (χ0) is 20.0. The third kappa shape index (κ3) is 5.91. The van der Waals surface area contributed by atoms with Crippen LogP contribution < -0.4 is 15.4 Å². The highest BCUT2D eigenvalue weighted by molar-refractivity contribution is 7.89. The number of hydrogen-bond acceptors (Lipinski definition) is 6. The van der Waals surface area contributed by atoms with Crippen LogP contribution in [0.3, 0.4) is 0 Å². The Morgan fingerprint density at radius 2 is 1.81 bits per heavy atom. The van der Waals surface area contributed by atoms with Crippen LogP contribution in [0, 0.1) is 10.1 Å². The number of hydrogen-bond donors (Lipinski definition) is 3. The fraction of sp³-hybridized carbons (Fsp3) is 0.188. The summed E-state index contributed by atoms with van der Waals surface area (Å²) in [4.78, 5) is 21.4. The van der Waals surface area contributed by atoms with Crippen LogP contribution in [-0.4, -0.2) is 32.3 Å². The van der Waals surface area contributed by atoms with Crippen LogP contribution in [0.2, 0.25) is 5.02 Å². The number of nitro groups is 1. The van der Waals surface area contributed by atoms with E-state index in [0.29, 0.717) is 5.69 Å². The molecule has 2 rings (SSSR count). The maximum absolute atomic E-state index is 12.2. The zero-order valence-corrected chi connectivity index (χ0v) is 15.8. The molecule has 0 bridgehead atoms. The Balaban J connectivity index is 1.94. The van der Waals surface area contributed by atoms with Gasteiger partial charge in [-0.05, 0) is 36.4 Å². The molecule has 144 valence electrons. The predicted octanol–water partition coefficient (Wildman–Crippen LogP) is 2.60. The van der Waals surface area contributed by atoms with E-state index in [9.17, 15) is 23.3 Å². The van der Waals surface area contributed by atoms with Gasteiger partial charge in [0.25, 0.3) is 5.69 Å². The minimum absolute atomic E-state index is 0.00949. The fourth-order valence-corrected chi connectivity index (χ4v) is 3.39. The van der Waals surface area contributed by atoms with E-state index in [2.05, 4.69) is 15.4 Å². The number of nitrogens with zero attached hydrogens (tertiary/aromatic N) is 1. The van der Waals surface area contributed by atoms with Crippen LogP contribution in [0.25, 0.3) is 0 Å². The fourth-order valence-electron chi connectivity index (χ4n) is 2.19. The molecule has 0 atom stereocenters. The molecule has 0 unspecified atom stereocenters. The van der Waals surface area contributed by atoms with Gasteiger partial charge in [0.1, 0.15) is 5.69 Å². The lowest BCUT2D eigenvalue weighted by atomic mass is 10.2. The first-order valence-electron chi connectivity index (χ1n) is 7.74. The molecular weight excluding hydrogens is 396 g/mol. The summed E-state index contributed by atoms with van der Waals surface area (Å²) in [5.41, 5.74) is 0.528. The summed E-state index contributed by atoms with van der Waals surface area (Å²) >= 11 is 5.74. The van der Waals surface area contributed by atoms with Crippen molar-refractivity contribution >= 4 is 44.6 Å². The average molecular weight is 413 g/mol. The van der Waals surface area contributed by atoms with Crippen molar-refractivity contribution in [1.29, 1.82) is 0 Å². The predicted molar refractivity (Wildman–Crippen MR) is 103 cm³/mol. The van der Waals surface area contributed by atoms with Crippen molar-refractivity contribution in [3.05, 3.63) is 57.6 Å². The molecule has 0 aliphatic rings. The Labute approximate surface area is 160 Å². The molecule has 0 spiro atoms. The molecular formula is C16H17ClN4O5S. The van der Waals surface area contributed by atoms with Crippen LogP contribution >= 0.6 is 11.6 Å². The number of carbonyl (C=O) groups excluding carboxylic acids is 1. The highest BCUT2D eigenvalue weighted by Gasteiger charge is 2.15. The molecule has 9 nitrogen and oxygen atoms in total. The van der Waals surface area contributed by atoms with Crippen molar-refractivity contribution in [3.63, 3.8) is 0 Å². The first kappa shape index (κ1) is 20.6. The molecule has 2 aromatic rings. The maximum Gasteiger partial charge on any atom is 0.293 e. The molecule has 0 saturated heterocycles. The van der Waals surface area contributed by atoms with E-state index in [-0.39, 0.29) is 40.3 Å². The van der Waals surface area contributed by atoms with E-state index >= 15 is 0 Å². The number of nitrogens with one attached hydrogen (secondary N) is 3. The molecule has 0 aliphatic carbocycles. The summed E-state index contributed by atoms with van der Waals surface area (Å²) < 4.78 is 26.9. The second-order valence-electron chi connectivity index (χ2n) is 5.45. The van der Waals surface area contributed by atoms with Crippen molar-refractivity contribution in [3.8, 4) is 0 Å². The monoisotopic (exact) mass is 412 g/mol. The third-order valence-corrected chi connectivity index (χ3v) is 5.09. The molecule has 0 saturated carbocycles. The summed E-state index contributed by atoms with van der Waals surface area (Å²) in [5.74, 6) is -0.258. The molecule has 27 heavy (non-hydrogen) atoms. The lowest BCUT2D eigenvalue weighted by Crippen LogP contribution is -2.29. The molecule has 0 heterocycles. The van der Waals surface area contributed by atoms with Crippen molar-refractivity contribution in [2.75, 3.05) is 23.7 Å². The van der Waals surface area contributed by atoms with Gasteiger partial charge in [0, 0.05) is 36.8 Å². The second-order valence-corrected chi connectivity index (χ2v) is 7.65. The summed E-state index contributed by atoms with van der Waals surface area (Å²) in [7, 11) is -3.75. The number of sulfonamides is 1. The summed E-state index contributed by atoms with van der Waals surface area (Å²) in [6.45, 7) is 1.49. The Hall–Kier alpha value is -2.69. The number of nitro benzene ring substituents is 1. The number of anilines is 2. The average Bonchev–Trinajstić information content (AvgIpc) is 2.59. The van der Waals surface area contributed by atoms with Crippen LogP contribution in [0.4, 0.5) is 17.1 Å². The van der Waals surface area contributed by atoms with E-state index in [1.54, 1.807) is 0 Å². The number of amides is 1. The third-order valence-electron chi connectivity index (χ3n) is 3.37. The van der Waals surface area contributed by atoms with Gasteiger partial charge in [0.15, 0.2) is 0 Å². The van der Waals surface area contributed by atoms with Crippen LogP contribution in [0.1, 0.15) is 6.92 Å². The number of rotatable bonds is 8. The highest BCUT2D eigenvalue weighted by Crippen LogP contribution is 2.27. The Morgan fingerprint density at radius 3 is 2.41 bits per heavy atom. The molecule has 2 aromatic carbocycles. The summed E-state index contributed by atoms with van der Waals surface area (Å²) in [6, 6.07) is 9.85. The zero-order valence-electron chi connectivity index (χ0n) is 14.2. The Morgan fingerprint density at radius 1 is 1.15 bits per heavy atom. The van der Waals surface area contributed by atoms with Gasteiger partial charge in [0.05, 0.1) is 9.82 Å². The summed E-state index contributed by atoms with van der Waals surface area (Å²) in [6.07, 6.45) is 0. The highest BCUT2D eigenvalue weighted by atomic mass is 35.5. The van der Waals surface area contributed by atoms with Crippen molar-refractivity contribution < 1.29 is 18.1 Å². The van der Waals surface area contributed by atoms with Gasteiger partial charge in [0.2, 0.25) is 15.9 Å². The van der Waals surface area contributed by atoms with E-state index in [0.717, 1.165) is 0 Å². The number of benzene rings is 2. The van der Waals surface area contributed by atoms with Gasteiger partial charge in [-0.2, -0.15) is 0 Å². The van der Waals surface area contributed by atoms with Gasteiger partial charge < -0.3 is 10.6 Å². The van der Waals surface area contributed by atoms with Crippen molar-refractivity contribution in [2.24, 2.45) is 0 Å². The largest absolute Gasteiger partial charge is 0.378 e. The standard InChI is InChI=1S/C16H17ClN4O5S/c1-11(22)20-13-3-5-14(6-4-13)27(25,26)19-9-8-18-15-7-2-12(17)10-16(15)21(23)24/h2-7,10,18-19H,8-9H2,1H3,(H,20,22). The lowest BCUT2D eigenvalue weighted by molar-refractivity contribution is -0.383. The molecule has 0 fully saturated rings. The molecule has 0 aliphatic heterocycles. The minimum atomic E-state index is -3.75. The minimum Gasteiger partial charge on any atom is -0.378 e. The van der Waals surface area contributed by atoms with E-state index < -0.39 is 14.9 Å². The van der Waals surface area contributed by atoms with Gasteiger partial charge in [-0.15, -0.1) is 0 Å². The van der Waals surface area contributed by atoms with E-state index in [1.807, 2.05) is 0 Å². The first-order valence-corrected chi connectivity index (χ1v) is 9.60. The van der Waals surface area contributed by atoms with E-state index in [1.165, 1.54) is 49.4 Å². The smallest absolute Gasteiger partial charge is 0.293 e. The van der Waals surface area contributed by atoms with Crippen LogP contribution in [0.15, 0.2) is 47.4 Å². The SMILES string of the molecule is CC(=O)Nc1ccc(S(=O)(=O)NCCNc2ccc(Cl)cc2[N+](=O)[O-])cc1. The Bertz CT molecular complexity index is 948. The molecule has 1 amide bonds. The normalized spacial score (nSPS) is 11.0. The van der Waals surface area contributed by atoms with Crippen LogP contribution in [0.5, 0.6) is 0 Å². The molecule has 3 N–H and O–H groups in total. The van der Waals surface area contributed by atoms with Gasteiger partial charge in [-0.3, -0.25) is 14.9 Å². The lowest BCUT2D eigenvalue weighted by Gasteiger charge is -2.10. The van der Waals surface area contributed by atoms with Gasteiger partial charge >= 0.3 is 0 Å². The Kier molecular flexibility index (Phi) is 6.72. The van der Waals surface area contributed by atoms with E-state index in [4.69, 9.17) is 11.6 Å². The number of halogens is 1. The second kappa shape index (κ2) is 8.80. The summed E-state index contributed by atoms with van der Waals surface area (Å²) in [5, 5.41) is 16.6. The van der Waals surface area contributed by atoms with Crippen molar-refractivity contribution in [1.82, 2.24) is 4.72 Å². The maximum atomic E-state index is 12.2. The molecule has 11 heteroatoms.